The molecule has 1 unspecified atom stereocenters. The lowest BCUT2D eigenvalue weighted by Crippen LogP contribution is -2.33. The Morgan fingerprint density at radius 2 is 2.00 bits per heavy atom. The summed E-state index contributed by atoms with van der Waals surface area (Å²) in [7, 11) is 0. The lowest BCUT2D eigenvalue weighted by Gasteiger charge is -2.29. The van der Waals surface area contributed by atoms with Crippen molar-refractivity contribution in [2.24, 2.45) is 5.73 Å². The number of aryl methyl sites for hydroxylation is 1. The second-order valence-corrected chi connectivity index (χ2v) is 4.82. The molecule has 3 nitrogen and oxygen atoms in total. The first-order valence-electron chi connectivity index (χ1n) is 7.12. The van der Waals surface area contributed by atoms with Crippen LogP contribution in [0.2, 0.25) is 0 Å². The summed E-state index contributed by atoms with van der Waals surface area (Å²) in [5.41, 5.74) is 8.14. The van der Waals surface area contributed by atoms with Gasteiger partial charge in [0.05, 0.1) is 0 Å². The summed E-state index contributed by atoms with van der Waals surface area (Å²) in [4.78, 5) is 7.14. The first-order chi connectivity index (χ1) is 8.65. The third-order valence-electron chi connectivity index (χ3n) is 3.42. The van der Waals surface area contributed by atoms with E-state index in [1.54, 1.807) is 0 Å². The van der Waals surface area contributed by atoms with Crippen LogP contribution in [0.1, 0.15) is 51.8 Å². The molecule has 3 heteroatoms. The number of nitrogens with two attached hydrogens (primary N) is 1. The third kappa shape index (κ3) is 3.70. The van der Waals surface area contributed by atoms with Gasteiger partial charge in [-0.1, -0.05) is 20.3 Å². The van der Waals surface area contributed by atoms with E-state index in [1.165, 1.54) is 5.56 Å². The van der Waals surface area contributed by atoms with Crippen molar-refractivity contribution >= 4 is 5.82 Å². The van der Waals surface area contributed by atoms with Gasteiger partial charge in [0.1, 0.15) is 5.82 Å². The Labute approximate surface area is 111 Å². The molecule has 0 aliphatic heterocycles. The Bertz CT molecular complexity index is 363. The van der Waals surface area contributed by atoms with Gasteiger partial charge in [-0.15, -0.1) is 0 Å². The van der Waals surface area contributed by atoms with Gasteiger partial charge in [-0.3, -0.25) is 0 Å². The van der Waals surface area contributed by atoms with E-state index in [0.29, 0.717) is 12.6 Å². The molecule has 2 N–H and O–H groups in total. The van der Waals surface area contributed by atoms with Crippen molar-refractivity contribution in [3.63, 3.8) is 0 Å². The molecule has 0 fully saturated rings. The molecule has 0 aromatic carbocycles. The fourth-order valence-corrected chi connectivity index (χ4v) is 2.20. The zero-order valence-corrected chi connectivity index (χ0v) is 12.2. The standard InChI is InChI=1S/C15H27N3/c1-5-8-14-9-13(11-16)10-15(17-14)18(7-3)12(4)6-2/h9-10,12H,5-8,11,16H2,1-4H3. The normalized spacial score (nSPS) is 12.5. The third-order valence-corrected chi connectivity index (χ3v) is 3.42. The second-order valence-electron chi connectivity index (χ2n) is 4.82. The summed E-state index contributed by atoms with van der Waals surface area (Å²) in [6, 6.07) is 4.79. The smallest absolute Gasteiger partial charge is 0.129 e. The highest BCUT2D eigenvalue weighted by molar-refractivity contribution is 5.43. The van der Waals surface area contributed by atoms with Crippen molar-refractivity contribution in [3.05, 3.63) is 23.4 Å². The molecular weight excluding hydrogens is 222 g/mol. The Balaban J connectivity index is 3.08. The molecule has 1 aromatic rings. The van der Waals surface area contributed by atoms with Gasteiger partial charge in [-0.25, -0.2) is 4.98 Å². The molecule has 0 aliphatic rings. The van der Waals surface area contributed by atoms with Crippen LogP contribution in [0, 0.1) is 0 Å². The van der Waals surface area contributed by atoms with Gasteiger partial charge in [0.25, 0.3) is 0 Å². The van der Waals surface area contributed by atoms with Crippen molar-refractivity contribution in [1.29, 1.82) is 0 Å². The summed E-state index contributed by atoms with van der Waals surface area (Å²) in [5.74, 6) is 1.08. The lowest BCUT2D eigenvalue weighted by molar-refractivity contribution is 0.621. The first kappa shape index (κ1) is 15.0. The molecule has 1 atom stereocenters. The maximum absolute atomic E-state index is 5.79. The van der Waals surface area contributed by atoms with Crippen LogP contribution in [-0.4, -0.2) is 17.6 Å². The van der Waals surface area contributed by atoms with E-state index in [1.807, 2.05) is 0 Å². The minimum Gasteiger partial charge on any atom is -0.354 e. The molecule has 18 heavy (non-hydrogen) atoms. The summed E-state index contributed by atoms with van der Waals surface area (Å²) in [6.07, 6.45) is 3.28. The van der Waals surface area contributed by atoms with Crippen molar-refractivity contribution in [2.45, 2.75) is 59.5 Å². The number of hydrogen-bond acceptors (Lipinski definition) is 3. The highest BCUT2D eigenvalue weighted by Crippen LogP contribution is 2.19. The molecule has 1 heterocycles. The van der Waals surface area contributed by atoms with Crippen molar-refractivity contribution < 1.29 is 0 Å². The first-order valence-corrected chi connectivity index (χ1v) is 7.12. The molecule has 0 amide bonds. The zero-order chi connectivity index (χ0) is 13.5. The fraction of sp³-hybridized carbons (Fsp3) is 0.667. The van der Waals surface area contributed by atoms with Gasteiger partial charge in [0.2, 0.25) is 0 Å². The maximum Gasteiger partial charge on any atom is 0.129 e. The van der Waals surface area contributed by atoms with Crippen molar-refractivity contribution in [1.82, 2.24) is 4.98 Å². The Morgan fingerprint density at radius 3 is 2.50 bits per heavy atom. The molecule has 0 saturated heterocycles. The predicted molar refractivity (Wildman–Crippen MR) is 78.9 cm³/mol. The monoisotopic (exact) mass is 249 g/mol. The van der Waals surface area contributed by atoms with E-state index < -0.39 is 0 Å². The lowest BCUT2D eigenvalue weighted by atomic mass is 10.1. The van der Waals surface area contributed by atoms with Crippen LogP contribution < -0.4 is 10.6 Å². The average Bonchev–Trinajstić information content (AvgIpc) is 2.39. The fourth-order valence-electron chi connectivity index (χ4n) is 2.20. The van der Waals surface area contributed by atoms with Crippen molar-refractivity contribution in [3.8, 4) is 0 Å². The molecule has 0 spiro atoms. The predicted octanol–water partition coefficient (Wildman–Crippen LogP) is 3.12. The van der Waals surface area contributed by atoms with Gasteiger partial charge in [0, 0.05) is 24.8 Å². The highest BCUT2D eigenvalue weighted by atomic mass is 15.2. The van der Waals surface area contributed by atoms with Crippen molar-refractivity contribution in [2.75, 3.05) is 11.4 Å². The summed E-state index contributed by atoms with van der Waals surface area (Å²) >= 11 is 0. The molecule has 0 radical (unpaired) electrons. The van der Waals surface area contributed by atoms with E-state index in [2.05, 4.69) is 44.7 Å². The van der Waals surface area contributed by atoms with Gasteiger partial charge < -0.3 is 10.6 Å². The minimum absolute atomic E-state index is 0.519. The largest absolute Gasteiger partial charge is 0.354 e. The molecule has 1 aromatic heterocycles. The van der Waals surface area contributed by atoms with Gasteiger partial charge in [0.15, 0.2) is 0 Å². The van der Waals surface area contributed by atoms with Crippen LogP contribution >= 0.6 is 0 Å². The quantitative estimate of drug-likeness (QED) is 0.807. The molecule has 1 rings (SSSR count). The number of aromatic nitrogens is 1. The average molecular weight is 249 g/mol. The maximum atomic E-state index is 5.79. The summed E-state index contributed by atoms with van der Waals surface area (Å²) < 4.78 is 0. The number of nitrogens with zero attached hydrogens (tertiary/aromatic N) is 2. The number of rotatable bonds is 7. The number of pyridine rings is 1. The van der Waals surface area contributed by atoms with Gasteiger partial charge >= 0.3 is 0 Å². The molecule has 0 bridgehead atoms. The van der Waals surface area contributed by atoms with E-state index >= 15 is 0 Å². The minimum atomic E-state index is 0.519. The van der Waals surface area contributed by atoms with E-state index in [4.69, 9.17) is 10.7 Å². The van der Waals surface area contributed by atoms with Crippen LogP contribution in [0.5, 0.6) is 0 Å². The van der Waals surface area contributed by atoms with E-state index in [9.17, 15) is 0 Å². The molecule has 0 aliphatic carbocycles. The zero-order valence-electron chi connectivity index (χ0n) is 12.2. The summed E-state index contributed by atoms with van der Waals surface area (Å²) in [5, 5.41) is 0. The highest BCUT2D eigenvalue weighted by Gasteiger charge is 2.13. The number of hydrogen-bond donors (Lipinski definition) is 1. The number of anilines is 1. The van der Waals surface area contributed by atoms with Crippen LogP contribution in [0.15, 0.2) is 12.1 Å². The van der Waals surface area contributed by atoms with Crippen LogP contribution in [0.3, 0.4) is 0 Å². The van der Waals surface area contributed by atoms with Crippen LogP contribution in [0.25, 0.3) is 0 Å². The topological polar surface area (TPSA) is 42.1 Å². The van der Waals surface area contributed by atoms with Crippen LogP contribution in [0.4, 0.5) is 5.82 Å². The molecule has 0 saturated carbocycles. The SMILES string of the molecule is CCCc1cc(CN)cc(N(CC)C(C)CC)n1. The Hall–Kier alpha value is -1.09. The molecule has 102 valence electrons. The van der Waals surface area contributed by atoms with E-state index in [-0.39, 0.29) is 0 Å². The Morgan fingerprint density at radius 1 is 1.28 bits per heavy atom. The molecular formula is C15H27N3. The van der Waals surface area contributed by atoms with Gasteiger partial charge in [-0.2, -0.15) is 0 Å². The van der Waals surface area contributed by atoms with Gasteiger partial charge in [-0.05, 0) is 44.4 Å². The summed E-state index contributed by atoms with van der Waals surface area (Å²) in [6.45, 7) is 10.4. The Kier molecular flexibility index (Phi) is 6.13. The second kappa shape index (κ2) is 7.37. The van der Waals surface area contributed by atoms with Crippen LogP contribution in [-0.2, 0) is 13.0 Å². The van der Waals surface area contributed by atoms with E-state index in [0.717, 1.165) is 37.3 Å².